The first-order chi connectivity index (χ1) is 38.0. The Bertz CT molecular complexity index is 3140. The van der Waals surface area contributed by atoms with Crippen LogP contribution in [-0.4, -0.2) is 148 Å². The van der Waals surface area contributed by atoms with Crippen LogP contribution >= 0.6 is 0 Å². The Hall–Kier alpha value is -8.32. The van der Waals surface area contributed by atoms with Gasteiger partial charge in [-0.25, -0.2) is 39.3 Å². The lowest BCUT2D eigenvalue weighted by Gasteiger charge is -2.39. The molecule has 0 unspecified atom stereocenters. The van der Waals surface area contributed by atoms with E-state index in [9.17, 15) is 24.9 Å². The van der Waals surface area contributed by atoms with Crippen LogP contribution in [-0.2, 0) is 35.5 Å². The molecule has 2 aliphatic rings. The summed E-state index contributed by atoms with van der Waals surface area (Å²) in [5.41, 5.74) is 12.9. The molecular formula is C55H72N18O6. The average Bonchev–Trinajstić information content (AvgIpc) is 4.37. The van der Waals surface area contributed by atoms with Gasteiger partial charge in [0, 0.05) is 118 Å². The van der Waals surface area contributed by atoms with Gasteiger partial charge in [-0.2, -0.15) is 20.4 Å². The number of carboxylic acids is 1. The van der Waals surface area contributed by atoms with E-state index in [1.165, 1.54) is 0 Å². The van der Waals surface area contributed by atoms with Crippen LogP contribution in [0.15, 0.2) is 97.8 Å². The molecule has 9 N–H and O–H groups in total. The van der Waals surface area contributed by atoms with Gasteiger partial charge in [0.15, 0.2) is 11.6 Å². The number of aliphatic hydroxyl groups excluding tert-OH is 3. The van der Waals surface area contributed by atoms with Gasteiger partial charge >= 0.3 is 5.97 Å². The van der Waals surface area contributed by atoms with Gasteiger partial charge in [0.1, 0.15) is 0 Å². The van der Waals surface area contributed by atoms with Crippen molar-refractivity contribution >= 4 is 23.8 Å². The van der Waals surface area contributed by atoms with Gasteiger partial charge in [0.2, 0.25) is 17.8 Å². The number of carbonyl (C=O) groups excluding carboxylic acids is 1. The van der Waals surface area contributed by atoms with Crippen LogP contribution in [0.3, 0.4) is 0 Å². The Kier molecular flexibility index (Phi) is 20.2. The molecule has 2 saturated heterocycles. The number of aliphatic hydroxyl groups is 3. The quantitative estimate of drug-likeness (QED) is 0.0717. The molecular weight excluding hydrogens is 1010 g/mol. The van der Waals surface area contributed by atoms with Crippen molar-refractivity contribution in [2.75, 3.05) is 49.2 Å². The van der Waals surface area contributed by atoms with Crippen molar-refractivity contribution in [1.29, 1.82) is 0 Å². The molecule has 2 aliphatic heterocycles. The summed E-state index contributed by atoms with van der Waals surface area (Å²) >= 11 is 0. The minimum absolute atomic E-state index is 0.148. The lowest BCUT2D eigenvalue weighted by molar-refractivity contribution is -0.153. The van der Waals surface area contributed by atoms with Gasteiger partial charge in [0.25, 0.3) is 0 Å². The molecule has 0 aromatic carbocycles. The molecule has 8 aromatic rings. The number of carboxylic acid groups (broad SMARTS) is 1. The van der Waals surface area contributed by atoms with Gasteiger partial charge in [-0.15, -0.1) is 0 Å². The van der Waals surface area contributed by atoms with Crippen LogP contribution < -0.4 is 20.9 Å². The van der Waals surface area contributed by atoms with Gasteiger partial charge < -0.3 is 41.3 Å². The van der Waals surface area contributed by atoms with Crippen LogP contribution in [0.4, 0.5) is 11.9 Å². The predicted molar refractivity (Wildman–Crippen MR) is 295 cm³/mol. The van der Waals surface area contributed by atoms with Crippen molar-refractivity contribution in [2.24, 2.45) is 16.6 Å². The number of amides is 1. The van der Waals surface area contributed by atoms with E-state index in [4.69, 9.17) is 15.8 Å². The topological polar surface area (TPSA) is 330 Å². The highest BCUT2D eigenvalue weighted by Gasteiger charge is 2.42. The number of carbonyl (C=O) groups is 2. The first kappa shape index (κ1) is 58.4. The van der Waals surface area contributed by atoms with Crippen molar-refractivity contribution in [3.63, 3.8) is 0 Å². The number of pyridine rings is 2. The lowest BCUT2D eigenvalue weighted by Crippen LogP contribution is -2.51. The second-order valence-electron chi connectivity index (χ2n) is 20.1. The van der Waals surface area contributed by atoms with E-state index in [-0.39, 0.29) is 25.2 Å². The number of aromatic nitrogens is 14. The maximum atomic E-state index is 13.2. The zero-order valence-corrected chi connectivity index (χ0v) is 45.7. The number of aliphatic carboxylic acids is 1. The maximum Gasteiger partial charge on any atom is 0.312 e. The fourth-order valence-electron chi connectivity index (χ4n) is 8.87. The zero-order chi connectivity index (χ0) is 56.5. The Morgan fingerprint density at radius 3 is 1.46 bits per heavy atom. The summed E-state index contributed by atoms with van der Waals surface area (Å²) in [5, 5.41) is 62.8. The Labute approximate surface area is 458 Å². The summed E-state index contributed by atoms with van der Waals surface area (Å²) in [5.74, 6) is 1.69. The van der Waals surface area contributed by atoms with Crippen LogP contribution in [0.2, 0.25) is 0 Å². The number of nitrogens with one attached hydrogen (secondary N) is 3. The number of anilines is 2. The van der Waals surface area contributed by atoms with Crippen LogP contribution in [0.1, 0.15) is 96.2 Å². The molecule has 0 radical (unpaired) electrons. The SMILES string of the molecule is CC(C)O.Cc1cc(Cc2cc(C)[nH]n2)nc(N2CCC(CO)(C(=O)NCc3ccc(-n4cccn4)nc3)CC2)n1.Cc1cc(Cc2cc(C)[nH]n2)nc(N2CCC(CO)(C(=O)O)CC2)n1.NCc1ccc(-n2cccn2)nc1. The fraction of sp³-hybridized carbons (Fsp3) is 0.418. The number of aryl methyl sites for hydroxylation is 4. The second kappa shape index (κ2) is 27.3. The predicted octanol–water partition coefficient (Wildman–Crippen LogP) is 4.07. The third kappa shape index (κ3) is 16.1. The van der Waals surface area contributed by atoms with Gasteiger partial charge in [-0.3, -0.25) is 19.8 Å². The summed E-state index contributed by atoms with van der Waals surface area (Å²) in [6, 6.07) is 19.2. The molecule has 0 saturated carbocycles. The van der Waals surface area contributed by atoms with E-state index in [1.54, 1.807) is 48.0 Å². The minimum atomic E-state index is -1.05. The molecule has 418 valence electrons. The van der Waals surface area contributed by atoms with E-state index in [2.05, 4.69) is 65.7 Å². The summed E-state index contributed by atoms with van der Waals surface area (Å²) in [6.45, 7) is 13.7. The summed E-state index contributed by atoms with van der Waals surface area (Å²) in [6.07, 6.45) is 13.4. The van der Waals surface area contributed by atoms with Crippen molar-refractivity contribution in [3.05, 3.63) is 155 Å². The molecule has 24 nitrogen and oxygen atoms in total. The number of rotatable bonds is 15. The van der Waals surface area contributed by atoms with Gasteiger partial charge in [-0.1, -0.05) is 12.1 Å². The van der Waals surface area contributed by atoms with Crippen molar-refractivity contribution < 1.29 is 30.0 Å². The highest BCUT2D eigenvalue weighted by atomic mass is 16.4. The van der Waals surface area contributed by atoms with E-state index < -0.39 is 16.8 Å². The molecule has 10 heterocycles. The number of hydrogen-bond donors (Lipinski definition) is 8. The smallest absolute Gasteiger partial charge is 0.312 e. The maximum absolute atomic E-state index is 13.2. The molecule has 79 heavy (non-hydrogen) atoms. The van der Waals surface area contributed by atoms with E-state index in [0.29, 0.717) is 95.5 Å². The Morgan fingerprint density at radius 2 is 1.10 bits per heavy atom. The first-order valence-electron chi connectivity index (χ1n) is 26.2. The summed E-state index contributed by atoms with van der Waals surface area (Å²) < 4.78 is 3.39. The van der Waals surface area contributed by atoms with Gasteiger partial charge in [-0.05, 0) is 127 Å². The fourth-order valence-corrected chi connectivity index (χ4v) is 8.87. The normalized spacial score (nSPS) is 14.5. The van der Waals surface area contributed by atoms with Crippen LogP contribution in [0, 0.1) is 38.5 Å². The first-order valence-corrected chi connectivity index (χ1v) is 26.2. The molecule has 0 spiro atoms. The molecule has 1 amide bonds. The monoisotopic (exact) mass is 1080 g/mol. The third-order valence-electron chi connectivity index (χ3n) is 13.4. The van der Waals surface area contributed by atoms with Crippen LogP contribution in [0.5, 0.6) is 0 Å². The lowest BCUT2D eigenvalue weighted by atomic mass is 9.78. The number of H-pyrrole nitrogens is 2. The van der Waals surface area contributed by atoms with Crippen molar-refractivity contribution in [1.82, 2.24) is 75.2 Å². The molecule has 0 atom stereocenters. The summed E-state index contributed by atoms with van der Waals surface area (Å²) in [7, 11) is 0. The highest BCUT2D eigenvalue weighted by molar-refractivity contribution is 5.83. The molecule has 0 aliphatic carbocycles. The van der Waals surface area contributed by atoms with Crippen molar-refractivity contribution in [3.8, 4) is 11.6 Å². The molecule has 10 rings (SSSR count). The Morgan fingerprint density at radius 1 is 0.658 bits per heavy atom. The van der Waals surface area contributed by atoms with Gasteiger partial charge in [0.05, 0.1) is 46.8 Å². The number of nitrogens with two attached hydrogens (primary N) is 1. The molecule has 8 aromatic heterocycles. The van der Waals surface area contributed by atoms with E-state index >= 15 is 0 Å². The van der Waals surface area contributed by atoms with Crippen molar-refractivity contribution in [2.45, 2.75) is 99.3 Å². The van der Waals surface area contributed by atoms with Crippen LogP contribution in [0.25, 0.3) is 11.6 Å². The number of aromatic amines is 2. The standard InChI is InChI=1S/C26H31N9O2.C17H23N5O3.C9H10N4.C3H8O/c1-18-12-21(14-22-13-19(2)32-33-22)31-25(30-18)34-10-6-26(17-36,7-11-34)24(37)28-16-20-4-5-23(27-15-20)35-9-3-8-29-35;1-11-7-13(9-14-8-12(2)20-21-14)19-16(18-11)22-5-3-17(10-23,4-6-22)15(24)25;10-6-8-2-3-9(11-7-8)13-5-1-4-12-13;1-3(2)4/h3-5,8-9,12-13,15,36H,6-7,10-11,14,16-17H2,1-2H3,(H,28,37)(H,32,33);7-8,23H,3-6,9-10H2,1-2H3,(H,20,21)(H,24,25);1-5,7H,6,10H2;3-4H,1-2H3. The van der Waals surface area contributed by atoms with E-state index in [0.717, 1.165) is 62.5 Å². The second-order valence-corrected chi connectivity index (χ2v) is 20.1. The number of hydrogen-bond acceptors (Lipinski definition) is 18. The van der Waals surface area contributed by atoms with E-state index in [1.807, 2.05) is 106 Å². The zero-order valence-electron chi connectivity index (χ0n) is 45.7. The molecule has 24 heteroatoms. The number of piperidine rings is 2. The largest absolute Gasteiger partial charge is 0.481 e. The minimum Gasteiger partial charge on any atom is -0.481 e. The molecule has 2 fully saturated rings. The highest BCUT2D eigenvalue weighted by Crippen LogP contribution is 2.34. The summed E-state index contributed by atoms with van der Waals surface area (Å²) in [4.78, 5) is 55.8. The molecule has 0 bridgehead atoms. The average molecular weight is 1080 g/mol. The Balaban J connectivity index is 0.000000184. The third-order valence-corrected chi connectivity index (χ3v) is 13.4. The number of nitrogens with zero attached hydrogens (tertiary/aromatic N) is 14.